The average Bonchev–Trinajstić information content (AvgIpc) is 2.74. The van der Waals surface area contributed by atoms with Crippen molar-refractivity contribution in [2.45, 2.75) is 32.1 Å². The molecule has 1 N–H and O–H groups in total. The van der Waals surface area contributed by atoms with Crippen molar-refractivity contribution in [3.05, 3.63) is 23.1 Å². The van der Waals surface area contributed by atoms with Crippen LogP contribution in [0.2, 0.25) is 0 Å². The second-order valence-corrected chi connectivity index (χ2v) is 7.47. The number of rotatable bonds is 4. The average molecular weight is 308 g/mol. The molecule has 0 saturated heterocycles. The van der Waals surface area contributed by atoms with Gasteiger partial charge in [0, 0.05) is 36.8 Å². The fourth-order valence-corrected chi connectivity index (χ4v) is 3.56. The zero-order valence-electron chi connectivity index (χ0n) is 12.4. The molecule has 0 saturated carbocycles. The molecule has 2 aromatic heterocycles. The molecule has 2 heterocycles. The maximum absolute atomic E-state index is 11.2. The molecular weight excluding hydrogens is 288 g/mol. The van der Waals surface area contributed by atoms with E-state index < -0.39 is 10.0 Å². The van der Waals surface area contributed by atoms with Crippen molar-refractivity contribution in [2.24, 2.45) is 7.05 Å². The third-order valence-electron chi connectivity index (χ3n) is 4.00. The Morgan fingerprint density at radius 1 is 1.33 bits per heavy atom. The van der Waals surface area contributed by atoms with E-state index in [2.05, 4.69) is 14.8 Å². The molecule has 0 radical (unpaired) electrons. The Kier molecular flexibility index (Phi) is 3.71. The highest BCUT2D eigenvalue weighted by Gasteiger charge is 2.19. The molecule has 0 aromatic carbocycles. The largest absolute Gasteiger partial charge is 0.271 e. The molecule has 21 heavy (non-hydrogen) atoms. The van der Waals surface area contributed by atoms with Crippen LogP contribution in [0.25, 0.3) is 10.9 Å². The number of nitrogens with zero attached hydrogens (tertiary/aromatic N) is 3. The molecule has 0 bridgehead atoms. The van der Waals surface area contributed by atoms with Gasteiger partial charge >= 0.3 is 0 Å². The maximum atomic E-state index is 11.2. The first-order valence-corrected chi connectivity index (χ1v) is 9.12. The Balaban J connectivity index is 1.99. The quantitative estimate of drug-likeness (QED) is 0.912. The van der Waals surface area contributed by atoms with E-state index in [1.54, 1.807) is 0 Å². The summed E-state index contributed by atoms with van der Waals surface area (Å²) in [5, 5.41) is 5.69. The summed E-state index contributed by atoms with van der Waals surface area (Å²) in [7, 11) is -1.25. The van der Waals surface area contributed by atoms with Gasteiger partial charge in [-0.1, -0.05) is 0 Å². The third kappa shape index (κ3) is 2.94. The topological polar surface area (TPSA) is 76.9 Å². The van der Waals surface area contributed by atoms with Crippen LogP contribution in [-0.4, -0.2) is 36.0 Å². The minimum Gasteiger partial charge on any atom is -0.271 e. The molecule has 0 amide bonds. The molecule has 3 rings (SSSR count). The predicted molar refractivity (Wildman–Crippen MR) is 81.7 cm³/mol. The van der Waals surface area contributed by atoms with Gasteiger partial charge in [0.25, 0.3) is 0 Å². The zero-order chi connectivity index (χ0) is 15.0. The van der Waals surface area contributed by atoms with Gasteiger partial charge < -0.3 is 0 Å². The first-order valence-electron chi connectivity index (χ1n) is 7.22. The molecule has 0 fully saturated rings. The summed E-state index contributed by atoms with van der Waals surface area (Å²) in [6.45, 7) is 0.393. The van der Waals surface area contributed by atoms with Crippen LogP contribution in [0, 0.1) is 0 Å². The van der Waals surface area contributed by atoms with E-state index in [0.717, 1.165) is 24.1 Å². The Morgan fingerprint density at radius 3 is 2.86 bits per heavy atom. The Bertz CT molecular complexity index is 780. The van der Waals surface area contributed by atoms with Gasteiger partial charge in [0.05, 0.1) is 12.5 Å². The first kappa shape index (κ1) is 14.5. The smallest absolute Gasteiger partial charge is 0.208 e. The van der Waals surface area contributed by atoms with Gasteiger partial charge in [-0.25, -0.2) is 13.1 Å². The lowest BCUT2D eigenvalue weighted by atomic mass is 9.92. The number of hydrogen-bond acceptors (Lipinski definition) is 4. The number of hydrogen-bond donors (Lipinski definition) is 1. The van der Waals surface area contributed by atoms with Crippen molar-refractivity contribution < 1.29 is 8.42 Å². The van der Waals surface area contributed by atoms with Gasteiger partial charge in [-0.3, -0.25) is 9.67 Å². The molecule has 6 nitrogen and oxygen atoms in total. The minimum absolute atomic E-state index is 0.393. The van der Waals surface area contributed by atoms with E-state index in [0.29, 0.717) is 13.0 Å². The summed E-state index contributed by atoms with van der Waals surface area (Å²) in [4.78, 5) is 4.53. The maximum Gasteiger partial charge on any atom is 0.208 e. The first-order chi connectivity index (χ1) is 9.96. The molecule has 0 unspecified atom stereocenters. The van der Waals surface area contributed by atoms with Crippen molar-refractivity contribution in [1.29, 1.82) is 0 Å². The Hall–Kier alpha value is -1.47. The summed E-state index contributed by atoms with van der Waals surface area (Å²) < 4.78 is 26.8. The van der Waals surface area contributed by atoms with Crippen molar-refractivity contribution in [2.75, 3.05) is 12.8 Å². The number of fused-ring (bicyclic) bond motifs is 3. The summed E-state index contributed by atoms with van der Waals surface area (Å²) in [5.41, 5.74) is 4.48. The monoisotopic (exact) mass is 308 g/mol. The molecule has 2 aromatic rings. The number of aryl methyl sites for hydroxylation is 3. The van der Waals surface area contributed by atoms with Crippen LogP contribution in [0.3, 0.4) is 0 Å². The highest BCUT2D eigenvalue weighted by molar-refractivity contribution is 7.88. The SMILES string of the molecule is Cn1nc2cnc3c(c2c1CCNS(C)(=O)=O)CCCC3. The summed E-state index contributed by atoms with van der Waals surface area (Å²) in [6.07, 6.45) is 8.10. The molecule has 1 aliphatic carbocycles. The minimum atomic E-state index is -3.15. The van der Waals surface area contributed by atoms with Crippen molar-refractivity contribution >= 4 is 20.9 Å². The summed E-state index contributed by atoms with van der Waals surface area (Å²) in [5.74, 6) is 0. The summed E-state index contributed by atoms with van der Waals surface area (Å²) in [6, 6.07) is 0. The molecule has 1 aliphatic rings. The van der Waals surface area contributed by atoms with Crippen LogP contribution in [0.1, 0.15) is 29.8 Å². The number of pyridine rings is 1. The van der Waals surface area contributed by atoms with Gasteiger partial charge in [0.2, 0.25) is 10.0 Å². The van der Waals surface area contributed by atoms with E-state index in [1.165, 1.54) is 35.7 Å². The van der Waals surface area contributed by atoms with Crippen LogP contribution in [0.4, 0.5) is 0 Å². The lowest BCUT2D eigenvalue weighted by Gasteiger charge is -2.16. The molecule has 0 atom stereocenters. The van der Waals surface area contributed by atoms with Crippen molar-refractivity contribution in [3.8, 4) is 0 Å². The van der Waals surface area contributed by atoms with E-state index in [9.17, 15) is 8.42 Å². The van der Waals surface area contributed by atoms with E-state index in [1.807, 2.05) is 17.9 Å². The van der Waals surface area contributed by atoms with Crippen molar-refractivity contribution in [3.63, 3.8) is 0 Å². The standard InChI is InChI=1S/C14H20N4O2S/c1-18-13(7-8-16-21(2,19)20)14-10-5-3-4-6-11(10)15-9-12(14)17-18/h9,16H,3-8H2,1-2H3. The highest BCUT2D eigenvalue weighted by Crippen LogP contribution is 2.29. The van der Waals surface area contributed by atoms with E-state index in [-0.39, 0.29) is 0 Å². The van der Waals surface area contributed by atoms with Gasteiger partial charge in [-0.05, 0) is 31.2 Å². The fourth-order valence-electron chi connectivity index (χ4n) is 3.08. The van der Waals surface area contributed by atoms with Crippen LogP contribution in [0.5, 0.6) is 0 Å². The van der Waals surface area contributed by atoms with Gasteiger partial charge in [0.1, 0.15) is 5.52 Å². The summed E-state index contributed by atoms with van der Waals surface area (Å²) >= 11 is 0. The Labute approximate surface area is 124 Å². The van der Waals surface area contributed by atoms with Gasteiger partial charge in [-0.15, -0.1) is 0 Å². The molecule has 7 heteroatoms. The van der Waals surface area contributed by atoms with E-state index in [4.69, 9.17) is 0 Å². The molecule has 114 valence electrons. The fraction of sp³-hybridized carbons (Fsp3) is 0.571. The zero-order valence-corrected chi connectivity index (χ0v) is 13.2. The Morgan fingerprint density at radius 2 is 2.10 bits per heavy atom. The van der Waals surface area contributed by atoms with Crippen LogP contribution in [-0.2, 0) is 36.3 Å². The second-order valence-electron chi connectivity index (χ2n) is 5.64. The third-order valence-corrected chi connectivity index (χ3v) is 4.73. The second kappa shape index (κ2) is 5.38. The lowest BCUT2D eigenvalue weighted by Crippen LogP contribution is -2.25. The van der Waals surface area contributed by atoms with Gasteiger partial charge in [-0.2, -0.15) is 5.10 Å². The van der Waals surface area contributed by atoms with E-state index >= 15 is 0 Å². The van der Waals surface area contributed by atoms with Crippen molar-refractivity contribution in [1.82, 2.24) is 19.5 Å². The molecule has 0 aliphatic heterocycles. The number of aromatic nitrogens is 3. The molecule has 0 spiro atoms. The lowest BCUT2D eigenvalue weighted by molar-refractivity contribution is 0.586. The number of sulfonamides is 1. The van der Waals surface area contributed by atoms with Crippen LogP contribution < -0.4 is 4.72 Å². The number of nitrogens with one attached hydrogen (secondary N) is 1. The van der Waals surface area contributed by atoms with Crippen LogP contribution >= 0.6 is 0 Å². The van der Waals surface area contributed by atoms with Gasteiger partial charge in [0.15, 0.2) is 0 Å². The van der Waals surface area contributed by atoms with Crippen LogP contribution in [0.15, 0.2) is 6.20 Å². The predicted octanol–water partition coefficient (Wildman–Crippen LogP) is 0.939. The normalized spacial score (nSPS) is 15.3. The molecular formula is C14H20N4O2S. The highest BCUT2D eigenvalue weighted by atomic mass is 32.2.